The van der Waals surface area contributed by atoms with Gasteiger partial charge in [-0.25, -0.2) is 4.79 Å². The number of urea groups is 1. The highest BCUT2D eigenvalue weighted by molar-refractivity contribution is 6.06. The van der Waals surface area contributed by atoms with E-state index in [2.05, 4.69) is 19.2 Å². The summed E-state index contributed by atoms with van der Waals surface area (Å²) in [5.74, 6) is 0.437. The van der Waals surface area contributed by atoms with Crippen LogP contribution in [0, 0.1) is 5.92 Å². The van der Waals surface area contributed by atoms with Gasteiger partial charge in [-0.2, -0.15) is 0 Å². The lowest BCUT2D eigenvalue weighted by molar-refractivity contribution is -0.125. The molecule has 1 aliphatic heterocycles. The standard InChI is InChI=1S/C11H20N2O2/c1-8(2)6-5-7-13-10(15)12-9(14)11(13,3)4/h8H,5-7H2,1-4H3,(H,12,14,15). The Morgan fingerprint density at radius 3 is 2.33 bits per heavy atom. The molecule has 1 rings (SSSR count). The summed E-state index contributed by atoms with van der Waals surface area (Å²) in [6.45, 7) is 8.52. The first-order valence-electron chi connectivity index (χ1n) is 5.48. The minimum Gasteiger partial charge on any atom is -0.310 e. The third-order valence-corrected chi connectivity index (χ3v) is 2.86. The predicted octanol–water partition coefficient (Wildman–Crippen LogP) is 1.75. The fourth-order valence-corrected chi connectivity index (χ4v) is 1.73. The third-order valence-electron chi connectivity index (χ3n) is 2.86. The fraction of sp³-hybridized carbons (Fsp3) is 0.818. The van der Waals surface area contributed by atoms with Gasteiger partial charge in [0.15, 0.2) is 0 Å². The lowest BCUT2D eigenvalue weighted by atomic mass is 10.0. The van der Waals surface area contributed by atoms with E-state index >= 15 is 0 Å². The first-order valence-corrected chi connectivity index (χ1v) is 5.48. The summed E-state index contributed by atoms with van der Waals surface area (Å²) < 4.78 is 0. The van der Waals surface area contributed by atoms with Crippen LogP contribution in [-0.2, 0) is 4.79 Å². The normalized spacial score (nSPS) is 19.9. The highest BCUT2D eigenvalue weighted by Crippen LogP contribution is 2.21. The van der Waals surface area contributed by atoms with Gasteiger partial charge < -0.3 is 4.90 Å². The van der Waals surface area contributed by atoms with Crippen LogP contribution in [0.2, 0.25) is 0 Å². The quantitative estimate of drug-likeness (QED) is 0.722. The molecule has 86 valence electrons. The van der Waals surface area contributed by atoms with Gasteiger partial charge in [-0.05, 0) is 32.6 Å². The van der Waals surface area contributed by atoms with Crippen LogP contribution in [0.3, 0.4) is 0 Å². The van der Waals surface area contributed by atoms with Crippen LogP contribution in [0.4, 0.5) is 4.79 Å². The molecule has 4 nitrogen and oxygen atoms in total. The molecule has 0 saturated carbocycles. The molecule has 0 aromatic rings. The number of amides is 3. The van der Waals surface area contributed by atoms with Crippen LogP contribution < -0.4 is 5.32 Å². The smallest absolute Gasteiger partial charge is 0.310 e. The van der Waals surface area contributed by atoms with Gasteiger partial charge in [-0.3, -0.25) is 10.1 Å². The average Bonchev–Trinajstić information content (AvgIpc) is 2.27. The van der Waals surface area contributed by atoms with Gasteiger partial charge in [0.1, 0.15) is 5.54 Å². The van der Waals surface area contributed by atoms with Gasteiger partial charge in [0, 0.05) is 6.54 Å². The summed E-state index contributed by atoms with van der Waals surface area (Å²) in [5.41, 5.74) is -0.686. The molecule has 1 heterocycles. The van der Waals surface area contributed by atoms with Crippen molar-refractivity contribution in [1.29, 1.82) is 0 Å². The molecule has 3 amide bonds. The van der Waals surface area contributed by atoms with Gasteiger partial charge in [-0.1, -0.05) is 13.8 Å². The van der Waals surface area contributed by atoms with Crippen molar-refractivity contribution in [3.05, 3.63) is 0 Å². The Hall–Kier alpha value is -1.06. The van der Waals surface area contributed by atoms with Crippen LogP contribution in [0.25, 0.3) is 0 Å². The first kappa shape index (κ1) is 12.0. The molecular formula is C11H20N2O2. The molecule has 4 heteroatoms. The Kier molecular flexibility index (Phi) is 3.37. The van der Waals surface area contributed by atoms with Gasteiger partial charge in [0.2, 0.25) is 0 Å². The highest BCUT2D eigenvalue weighted by atomic mass is 16.2. The number of carbonyl (C=O) groups excluding carboxylic acids is 2. The second-order valence-electron chi connectivity index (χ2n) is 5.01. The van der Waals surface area contributed by atoms with Gasteiger partial charge in [0.25, 0.3) is 5.91 Å². The topological polar surface area (TPSA) is 49.4 Å². The zero-order valence-electron chi connectivity index (χ0n) is 9.96. The number of nitrogens with zero attached hydrogens (tertiary/aromatic N) is 1. The number of hydrogen-bond donors (Lipinski definition) is 1. The van der Waals surface area contributed by atoms with E-state index in [1.54, 1.807) is 18.7 Å². The number of imide groups is 1. The highest BCUT2D eigenvalue weighted by Gasteiger charge is 2.44. The fourth-order valence-electron chi connectivity index (χ4n) is 1.73. The molecule has 0 radical (unpaired) electrons. The molecular weight excluding hydrogens is 192 g/mol. The maximum atomic E-state index is 11.5. The SMILES string of the molecule is CC(C)CCCN1C(=O)NC(=O)C1(C)C. The molecule has 0 unspecified atom stereocenters. The van der Waals surface area contributed by atoms with E-state index in [0.29, 0.717) is 12.5 Å². The van der Waals surface area contributed by atoms with E-state index in [9.17, 15) is 9.59 Å². The summed E-state index contributed by atoms with van der Waals surface area (Å²) in [6, 6.07) is -0.256. The molecule has 15 heavy (non-hydrogen) atoms. The molecule has 0 bridgehead atoms. The third kappa shape index (κ3) is 2.49. The Morgan fingerprint density at radius 1 is 1.33 bits per heavy atom. The van der Waals surface area contributed by atoms with E-state index < -0.39 is 5.54 Å². The largest absolute Gasteiger partial charge is 0.324 e. The molecule has 0 spiro atoms. The molecule has 0 aliphatic carbocycles. The van der Waals surface area contributed by atoms with E-state index in [0.717, 1.165) is 12.8 Å². The Morgan fingerprint density at radius 2 is 1.93 bits per heavy atom. The average molecular weight is 212 g/mol. The van der Waals surface area contributed by atoms with Crippen molar-refractivity contribution in [2.75, 3.05) is 6.54 Å². The molecule has 0 atom stereocenters. The van der Waals surface area contributed by atoms with Crippen molar-refractivity contribution < 1.29 is 9.59 Å². The number of carbonyl (C=O) groups is 2. The van der Waals surface area contributed by atoms with Crippen molar-refractivity contribution >= 4 is 11.9 Å². The lowest BCUT2D eigenvalue weighted by Crippen LogP contribution is -2.44. The molecule has 0 aromatic carbocycles. The maximum absolute atomic E-state index is 11.5. The van der Waals surface area contributed by atoms with E-state index in [4.69, 9.17) is 0 Å². The van der Waals surface area contributed by atoms with Crippen molar-refractivity contribution in [1.82, 2.24) is 10.2 Å². The van der Waals surface area contributed by atoms with Crippen molar-refractivity contribution in [3.8, 4) is 0 Å². The van der Waals surface area contributed by atoms with E-state index in [1.807, 2.05) is 0 Å². The molecule has 1 saturated heterocycles. The van der Waals surface area contributed by atoms with Gasteiger partial charge in [0.05, 0.1) is 0 Å². The molecule has 1 fully saturated rings. The summed E-state index contributed by atoms with van der Waals surface area (Å²) in [5, 5.41) is 2.34. The van der Waals surface area contributed by atoms with Gasteiger partial charge >= 0.3 is 6.03 Å². The number of hydrogen-bond acceptors (Lipinski definition) is 2. The van der Waals surface area contributed by atoms with Crippen molar-refractivity contribution in [2.45, 2.75) is 46.1 Å². The minimum absolute atomic E-state index is 0.197. The predicted molar refractivity (Wildman–Crippen MR) is 58.4 cm³/mol. The second-order valence-corrected chi connectivity index (χ2v) is 5.01. The zero-order valence-corrected chi connectivity index (χ0v) is 9.96. The Bertz CT molecular complexity index is 272. The van der Waals surface area contributed by atoms with Crippen molar-refractivity contribution in [2.24, 2.45) is 5.92 Å². The summed E-state index contributed by atoms with van der Waals surface area (Å²) in [4.78, 5) is 24.5. The number of rotatable bonds is 4. The lowest BCUT2D eigenvalue weighted by Gasteiger charge is -2.28. The van der Waals surface area contributed by atoms with E-state index in [1.165, 1.54) is 0 Å². The summed E-state index contributed by atoms with van der Waals surface area (Å²) >= 11 is 0. The molecule has 1 aliphatic rings. The summed E-state index contributed by atoms with van der Waals surface area (Å²) in [7, 11) is 0. The maximum Gasteiger partial charge on any atom is 0.324 e. The van der Waals surface area contributed by atoms with E-state index in [-0.39, 0.29) is 11.9 Å². The zero-order chi connectivity index (χ0) is 11.6. The first-order chi connectivity index (χ1) is 6.85. The van der Waals surface area contributed by atoms with Gasteiger partial charge in [-0.15, -0.1) is 0 Å². The van der Waals surface area contributed by atoms with Crippen LogP contribution in [0.5, 0.6) is 0 Å². The van der Waals surface area contributed by atoms with Crippen LogP contribution in [-0.4, -0.2) is 28.9 Å². The van der Waals surface area contributed by atoms with Crippen molar-refractivity contribution in [3.63, 3.8) is 0 Å². The Balaban J connectivity index is 2.53. The molecule has 0 aromatic heterocycles. The second kappa shape index (κ2) is 4.21. The van der Waals surface area contributed by atoms with Crippen LogP contribution in [0.15, 0.2) is 0 Å². The Labute approximate surface area is 91.0 Å². The minimum atomic E-state index is -0.686. The van der Waals surface area contributed by atoms with Crippen LogP contribution >= 0.6 is 0 Å². The monoisotopic (exact) mass is 212 g/mol. The summed E-state index contributed by atoms with van der Waals surface area (Å²) in [6.07, 6.45) is 2.02. The molecule has 1 N–H and O–H groups in total. The van der Waals surface area contributed by atoms with Crippen LogP contribution in [0.1, 0.15) is 40.5 Å². The number of nitrogens with one attached hydrogen (secondary N) is 1.